The minimum Gasteiger partial charge on any atom is -0.316 e. The van der Waals surface area contributed by atoms with Crippen LogP contribution in [0.1, 0.15) is 25.1 Å². The maximum atomic E-state index is 4.56. The van der Waals surface area contributed by atoms with Crippen LogP contribution in [0, 0.1) is 5.92 Å². The number of thiophene rings is 1. The lowest BCUT2D eigenvalue weighted by Gasteiger charge is -2.21. The van der Waals surface area contributed by atoms with Crippen LogP contribution < -0.4 is 5.32 Å². The summed E-state index contributed by atoms with van der Waals surface area (Å²) >= 11 is 1.68. The summed E-state index contributed by atoms with van der Waals surface area (Å²) in [6.45, 7) is 2.34. The van der Waals surface area contributed by atoms with Crippen LogP contribution in [-0.4, -0.2) is 28.3 Å². The molecule has 0 amide bonds. The first-order valence-electron chi connectivity index (χ1n) is 6.58. The van der Waals surface area contributed by atoms with Gasteiger partial charge in [0, 0.05) is 6.42 Å². The van der Waals surface area contributed by atoms with Gasteiger partial charge in [-0.15, -0.1) is 11.3 Å². The van der Waals surface area contributed by atoms with Gasteiger partial charge in [0.25, 0.3) is 0 Å². The van der Waals surface area contributed by atoms with Crippen LogP contribution in [0.2, 0.25) is 0 Å². The minimum atomic E-state index is 0.800. The zero-order valence-corrected chi connectivity index (χ0v) is 11.2. The van der Waals surface area contributed by atoms with Gasteiger partial charge >= 0.3 is 0 Å². The third kappa shape index (κ3) is 2.79. The number of nitrogens with zero attached hydrogens (tertiary/aromatic N) is 2. The van der Waals surface area contributed by atoms with Gasteiger partial charge in [-0.25, -0.2) is 4.98 Å². The van der Waals surface area contributed by atoms with Crippen LogP contribution in [0.4, 0.5) is 0 Å². The second-order valence-electron chi connectivity index (χ2n) is 4.83. The summed E-state index contributed by atoms with van der Waals surface area (Å²) in [5.74, 6) is 2.65. The highest BCUT2D eigenvalue weighted by Gasteiger charge is 2.14. The number of nitrogens with one attached hydrogen (secondary N) is 2. The predicted octanol–water partition coefficient (Wildman–Crippen LogP) is 2.47. The molecule has 0 saturated carbocycles. The van der Waals surface area contributed by atoms with Gasteiger partial charge in [-0.2, -0.15) is 5.10 Å². The molecule has 1 aliphatic heterocycles. The Morgan fingerprint density at radius 1 is 1.44 bits per heavy atom. The van der Waals surface area contributed by atoms with Crippen molar-refractivity contribution in [3.63, 3.8) is 0 Å². The smallest absolute Gasteiger partial charge is 0.191 e. The van der Waals surface area contributed by atoms with Crippen LogP contribution in [0.5, 0.6) is 0 Å². The molecule has 5 heteroatoms. The SMILES string of the molecule is c1csc(-c2n[nH]c(CCC3CCCNC3)n2)c1. The number of hydrogen-bond acceptors (Lipinski definition) is 4. The van der Waals surface area contributed by atoms with Crippen LogP contribution >= 0.6 is 11.3 Å². The molecule has 0 radical (unpaired) electrons. The van der Waals surface area contributed by atoms with E-state index in [0.717, 1.165) is 35.4 Å². The van der Waals surface area contributed by atoms with Crippen LogP contribution in [0.3, 0.4) is 0 Å². The fraction of sp³-hybridized carbons (Fsp3) is 0.538. The van der Waals surface area contributed by atoms with E-state index >= 15 is 0 Å². The summed E-state index contributed by atoms with van der Waals surface area (Å²) in [5.41, 5.74) is 0. The predicted molar refractivity (Wildman–Crippen MR) is 73.6 cm³/mol. The zero-order chi connectivity index (χ0) is 12.2. The molecule has 3 heterocycles. The number of H-pyrrole nitrogens is 1. The number of aromatic nitrogens is 3. The molecule has 0 spiro atoms. The molecule has 0 aromatic carbocycles. The number of hydrogen-bond donors (Lipinski definition) is 2. The monoisotopic (exact) mass is 262 g/mol. The van der Waals surface area contributed by atoms with Gasteiger partial charge in [0.1, 0.15) is 5.82 Å². The second kappa shape index (κ2) is 5.63. The van der Waals surface area contributed by atoms with Crippen molar-refractivity contribution < 1.29 is 0 Å². The Labute approximate surface area is 111 Å². The normalized spacial score (nSPS) is 20.1. The van der Waals surface area contributed by atoms with Crippen LogP contribution in [0.15, 0.2) is 17.5 Å². The average molecular weight is 262 g/mol. The molecule has 0 bridgehead atoms. The van der Waals surface area contributed by atoms with E-state index in [4.69, 9.17) is 0 Å². The van der Waals surface area contributed by atoms with Gasteiger partial charge in [-0.3, -0.25) is 5.10 Å². The van der Waals surface area contributed by atoms with E-state index < -0.39 is 0 Å². The van der Waals surface area contributed by atoms with E-state index in [1.807, 2.05) is 6.07 Å². The lowest BCUT2D eigenvalue weighted by molar-refractivity contribution is 0.356. The standard InChI is InChI=1S/C13H18N4S/c1-3-10(9-14-7-1)5-6-12-15-13(17-16-12)11-4-2-8-18-11/h2,4,8,10,14H,1,3,5-7,9H2,(H,15,16,17). The van der Waals surface area contributed by atoms with Crippen molar-refractivity contribution in [3.8, 4) is 10.7 Å². The van der Waals surface area contributed by atoms with E-state index in [1.54, 1.807) is 11.3 Å². The zero-order valence-electron chi connectivity index (χ0n) is 10.4. The molecular formula is C13H18N4S. The van der Waals surface area contributed by atoms with Crippen molar-refractivity contribution in [3.05, 3.63) is 23.3 Å². The Kier molecular flexibility index (Phi) is 3.71. The lowest BCUT2D eigenvalue weighted by Crippen LogP contribution is -2.30. The van der Waals surface area contributed by atoms with Gasteiger partial charge in [0.15, 0.2) is 5.82 Å². The van der Waals surface area contributed by atoms with Gasteiger partial charge < -0.3 is 5.32 Å². The quantitative estimate of drug-likeness (QED) is 0.890. The first-order valence-corrected chi connectivity index (χ1v) is 7.45. The Hall–Kier alpha value is -1.20. The fourth-order valence-electron chi connectivity index (χ4n) is 2.43. The van der Waals surface area contributed by atoms with Gasteiger partial charge in [0.05, 0.1) is 4.88 Å². The largest absolute Gasteiger partial charge is 0.316 e. The van der Waals surface area contributed by atoms with Crippen molar-refractivity contribution in [2.75, 3.05) is 13.1 Å². The first kappa shape index (κ1) is 11.9. The first-order chi connectivity index (χ1) is 8.92. The highest BCUT2D eigenvalue weighted by atomic mass is 32.1. The molecule has 1 fully saturated rings. The topological polar surface area (TPSA) is 53.6 Å². The Morgan fingerprint density at radius 2 is 2.44 bits per heavy atom. The highest BCUT2D eigenvalue weighted by molar-refractivity contribution is 7.13. The number of rotatable bonds is 4. The maximum absolute atomic E-state index is 4.56. The maximum Gasteiger partial charge on any atom is 0.191 e. The number of piperidine rings is 1. The molecule has 1 aliphatic rings. The third-order valence-corrected chi connectivity index (χ3v) is 4.33. The van der Waals surface area contributed by atoms with Crippen molar-refractivity contribution in [2.24, 2.45) is 5.92 Å². The van der Waals surface area contributed by atoms with E-state index in [-0.39, 0.29) is 0 Å². The molecular weight excluding hydrogens is 244 g/mol. The second-order valence-corrected chi connectivity index (χ2v) is 5.78. The number of aromatic amines is 1. The van der Waals surface area contributed by atoms with E-state index in [1.165, 1.54) is 25.8 Å². The Balaban J connectivity index is 1.57. The summed E-state index contributed by atoms with van der Waals surface area (Å²) in [6.07, 6.45) is 4.86. The van der Waals surface area contributed by atoms with Crippen molar-refractivity contribution in [1.82, 2.24) is 20.5 Å². The minimum absolute atomic E-state index is 0.800. The van der Waals surface area contributed by atoms with Crippen molar-refractivity contribution in [1.29, 1.82) is 0 Å². The van der Waals surface area contributed by atoms with Gasteiger partial charge in [-0.05, 0) is 49.7 Å². The summed E-state index contributed by atoms with van der Waals surface area (Å²) in [6, 6.07) is 4.09. The van der Waals surface area contributed by atoms with Crippen LogP contribution in [0.25, 0.3) is 10.7 Å². The molecule has 4 nitrogen and oxygen atoms in total. The molecule has 96 valence electrons. The summed E-state index contributed by atoms with van der Waals surface area (Å²) in [4.78, 5) is 5.70. The molecule has 2 aromatic heterocycles. The third-order valence-electron chi connectivity index (χ3n) is 3.46. The molecule has 2 aromatic rings. The summed E-state index contributed by atoms with van der Waals surface area (Å²) in [7, 11) is 0. The molecule has 1 unspecified atom stereocenters. The molecule has 3 rings (SSSR count). The Bertz CT molecular complexity index is 471. The average Bonchev–Trinajstić information content (AvgIpc) is 3.08. The van der Waals surface area contributed by atoms with Crippen LogP contribution in [-0.2, 0) is 6.42 Å². The van der Waals surface area contributed by atoms with E-state index in [0.29, 0.717) is 0 Å². The summed E-state index contributed by atoms with van der Waals surface area (Å²) < 4.78 is 0. The van der Waals surface area contributed by atoms with Crippen molar-refractivity contribution in [2.45, 2.75) is 25.7 Å². The molecule has 1 atom stereocenters. The summed E-state index contributed by atoms with van der Waals surface area (Å²) in [5, 5.41) is 12.8. The lowest BCUT2D eigenvalue weighted by atomic mass is 9.95. The van der Waals surface area contributed by atoms with Gasteiger partial charge in [0.2, 0.25) is 0 Å². The molecule has 1 saturated heterocycles. The molecule has 2 N–H and O–H groups in total. The Morgan fingerprint density at radius 3 is 3.22 bits per heavy atom. The van der Waals surface area contributed by atoms with E-state index in [2.05, 4.69) is 31.9 Å². The fourth-order valence-corrected chi connectivity index (χ4v) is 3.09. The van der Waals surface area contributed by atoms with Gasteiger partial charge in [-0.1, -0.05) is 6.07 Å². The number of aryl methyl sites for hydroxylation is 1. The molecule has 18 heavy (non-hydrogen) atoms. The molecule has 0 aliphatic carbocycles. The van der Waals surface area contributed by atoms with Crippen molar-refractivity contribution >= 4 is 11.3 Å². The van der Waals surface area contributed by atoms with E-state index in [9.17, 15) is 0 Å². The highest BCUT2D eigenvalue weighted by Crippen LogP contribution is 2.21.